The molecule has 22 heavy (non-hydrogen) atoms. The van der Waals surface area contributed by atoms with E-state index >= 15 is 0 Å². The first-order valence-electron chi connectivity index (χ1n) is 6.23. The highest BCUT2D eigenvalue weighted by Gasteiger charge is 2.17. The van der Waals surface area contributed by atoms with Crippen LogP contribution in [0.3, 0.4) is 0 Å². The zero-order valence-electron chi connectivity index (χ0n) is 11.8. The third-order valence-corrected chi connectivity index (χ3v) is 4.49. The molecule has 116 valence electrons. The van der Waals surface area contributed by atoms with Crippen LogP contribution >= 0.6 is 43.5 Å². The average Bonchev–Trinajstić information content (AvgIpc) is 2.43. The summed E-state index contributed by atoms with van der Waals surface area (Å²) in [7, 11) is 1.50. The predicted molar refractivity (Wildman–Crippen MR) is 96.9 cm³/mol. The number of nitrogens with two attached hydrogens (primary N) is 1. The van der Waals surface area contributed by atoms with Crippen molar-refractivity contribution < 1.29 is 9.53 Å². The van der Waals surface area contributed by atoms with Crippen molar-refractivity contribution in [1.82, 2.24) is 0 Å². The topological polar surface area (TPSA) is 64.3 Å². The first-order chi connectivity index (χ1) is 10.3. The summed E-state index contributed by atoms with van der Waals surface area (Å²) < 4.78 is 6.70. The smallest absolute Gasteiger partial charge is 0.259 e. The van der Waals surface area contributed by atoms with E-state index in [0.717, 1.165) is 10.0 Å². The van der Waals surface area contributed by atoms with E-state index in [4.69, 9.17) is 22.1 Å². The van der Waals surface area contributed by atoms with Crippen LogP contribution in [-0.2, 0) is 0 Å². The molecule has 7 heteroatoms. The number of rotatable bonds is 3. The second-order valence-corrected chi connectivity index (χ2v) is 6.79. The summed E-state index contributed by atoms with van der Waals surface area (Å²) in [5, 5.41) is 3.29. The first kappa shape index (κ1) is 17.1. The third kappa shape index (κ3) is 3.56. The molecular formula is C15H13Br2ClN2O2. The summed E-state index contributed by atoms with van der Waals surface area (Å²) in [6.07, 6.45) is 0. The van der Waals surface area contributed by atoms with Crippen LogP contribution in [0.15, 0.2) is 33.2 Å². The van der Waals surface area contributed by atoms with Gasteiger partial charge in [0, 0.05) is 9.50 Å². The Balaban J connectivity index is 2.40. The van der Waals surface area contributed by atoms with Gasteiger partial charge >= 0.3 is 0 Å². The largest absolute Gasteiger partial charge is 0.495 e. The molecule has 0 fully saturated rings. The maximum Gasteiger partial charge on any atom is 0.259 e. The van der Waals surface area contributed by atoms with Crippen molar-refractivity contribution in [2.24, 2.45) is 0 Å². The number of halogens is 3. The molecule has 0 aliphatic carbocycles. The van der Waals surface area contributed by atoms with Gasteiger partial charge in [0.1, 0.15) is 5.75 Å². The maximum absolute atomic E-state index is 12.5. The lowest BCUT2D eigenvalue weighted by atomic mass is 10.1. The minimum atomic E-state index is -0.342. The van der Waals surface area contributed by atoms with Gasteiger partial charge < -0.3 is 15.8 Å². The van der Waals surface area contributed by atoms with Gasteiger partial charge in [-0.25, -0.2) is 0 Å². The number of hydrogen-bond donors (Lipinski definition) is 2. The molecule has 4 nitrogen and oxygen atoms in total. The number of hydrogen-bond acceptors (Lipinski definition) is 3. The molecule has 2 aromatic carbocycles. The fraction of sp³-hybridized carbons (Fsp3) is 0.133. The lowest BCUT2D eigenvalue weighted by Crippen LogP contribution is -2.15. The number of nitrogen functional groups attached to an aromatic ring is 1. The SMILES string of the molecule is COc1c(Br)cc(Br)cc1C(=O)Nc1cc(Cl)c(C)cc1N. The van der Waals surface area contributed by atoms with E-state index < -0.39 is 0 Å². The zero-order valence-corrected chi connectivity index (χ0v) is 15.8. The van der Waals surface area contributed by atoms with Gasteiger partial charge in [-0.1, -0.05) is 27.5 Å². The Morgan fingerprint density at radius 3 is 2.59 bits per heavy atom. The zero-order chi connectivity index (χ0) is 16.4. The standard InChI is InChI=1S/C15H13Br2ClN2O2/c1-7-3-12(19)13(6-11(7)18)20-15(21)9-4-8(16)5-10(17)14(9)22-2/h3-6H,19H2,1-2H3,(H,20,21). The molecule has 3 N–H and O–H groups in total. The van der Waals surface area contributed by atoms with E-state index in [1.54, 1.807) is 24.3 Å². The lowest BCUT2D eigenvalue weighted by Gasteiger charge is -2.13. The van der Waals surface area contributed by atoms with Crippen molar-refractivity contribution in [3.63, 3.8) is 0 Å². The van der Waals surface area contributed by atoms with Crippen LogP contribution in [0.25, 0.3) is 0 Å². The second kappa shape index (κ2) is 6.89. The highest BCUT2D eigenvalue weighted by molar-refractivity contribution is 9.11. The van der Waals surface area contributed by atoms with Crippen LogP contribution in [-0.4, -0.2) is 13.0 Å². The Labute approximate surface area is 150 Å². The number of benzene rings is 2. The summed E-state index contributed by atoms with van der Waals surface area (Å²) >= 11 is 12.8. The highest BCUT2D eigenvalue weighted by atomic mass is 79.9. The minimum absolute atomic E-state index is 0.342. The summed E-state index contributed by atoms with van der Waals surface area (Å²) in [6.45, 7) is 1.85. The molecule has 0 spiro atoms. The number of aryl methyl sites for hydroxylation is 1. The molecule has 0 radical (unpaired) electrons. The molecule has 0 bridgehead atoms. The Hall–Kier alpha value is -1.24. The van der Waals surface area contributed by atoms with Crippen LogP contribution in [0.4, 0.5) is 11.4 Å². The Bertz CT molecular complexity index is 751. The number of carbonyl (C=O) groups excluding carboxylic acids is 1. The summed E-state index contributed by atoms with van der Waals surface area (Å²) in [6, 6.07) is 6.81. The monoisotopic (exact) mass is 446 g/mol. The van der Waals surface area contributed by atoms with Crippen molar-refractivity contribution in [2.45, 2.75) is 6.92 Å². The third-order valence-electron chi connectivity index (χ3n) is 3.04. The lowest BCUT2D eigenvalue weighted by molar-refractivity contribution is 0.102. The molecule has 0 aromatic heterocycles. The van der Waals surface area contributed by atoms with Gasteiger partial charge in [0.05, 0.1) is 28.5 Å². The Morgan fingerprint density at radius 2 is 1.95 bits per heavy atom. The fourth-order valence-corrected chi connectivity index (χ4v) is 3.49. The molecule has 1 amide bonds. The highest BCUT2D eigenvalue weighted by Crippen LogP contribution is 2.34. The average molecular weight is 449 g/mol. The number of carbonyl (C=O) groups is 1. The Kier molecular flexibility index (Phi) is 5.36. The molecule has 0 heterocycles. The molecule has 0 saturated heterocycles. The molecule has 2 aromatic rings. The maximum atomic E-state index is 12.5. The summed E-state index contributed by atoms with van der Waals surface area (Å²) in [5.74, 6) is 0.1000. The van der Waals surface area contributed by atoms with E-state index in [9.17, 15) is 4.79 Å². The number of anilines is 2. The summed E-state index contributed by atoms with van der Waals surface area (Å²) in [4.78, 5) is 12.5. The van der Waals surface area contributed by atoms with E-state index in [1.165, 1.54) is 7.11 Å². The summed E-state index contributed by atoms with van der Waals surface area (Å²) in [5.41, 5.74) is 8.05. The van der Waals surface area contributed by atoms with Crippen molar-refractivity contribution in [3.8, 4) is 5.75 Å². The predicted octanol–water partition coefficient (Wildman–Crippen LogP) is 5.02. The van der Waals surface area contributed by atoms with Crippen molar-refractivity contribution in [3.05, 3.63) is 49.4 Å². The van der Waals surface area contributed by atoms with Crippen molar-refractivity contribution in [2.75, 3.05) is 18.2 Å². The number of ether oxygens (including phenoxy) is 1. The van der Waals surface area contributed by atoms with E-state index in [-0.39, 0.29) is 5.91 Å². The second-order valence-electron chi connectivity index (χ2n) is 4.61. The van der Waals surface area contributed by atoms with Gasteiger partial charge in [-0.05, 0) is 52.7 Å². The van der Waals surface area contributed by atoms with E-state index in [0.29, 0.717) is 32.2 Å². The minimum Gasteiger partial charge on any atom is -0.495 e. The van der Waals surface area contributed by atoms with Crippen LogP contribution in [0.2, 0.25) is 5.02 Å². The fourth-order valence-electron chi connectivity index (χ4n) is 1.94. The van der Waals surface area contributed by atoms with Gasteiger partial charge in [-0.15, -0.1) is 0 Å². The van der Waals surface area contributed by atoms with Crippen LogP contribution < -0.4 is 15.8 Å². The molecule has 2 rings (SSSR count). The van der Waals surface area contributed by atoms with Crippen molar-refractivity contribution in [1.29, 1.82) is 0 Å². The van der Waals surface area contributed by atoms with Gasteiger partial charge in [-0.2, -0.15) is 0 Å². The van der Waals surface area contributed by atoms with E-state index in [1.807, 2.05) is 6.92 Å². The number of nitrogens with one attached hydrogen (secondary N) is 1. The molecule has 0 atom stereocenters. The van der Waals surface area contributed by atoms with Gasteiger partial charge in [0.25, 0.3) is 5.91 Å². The van der Waals surface area contributed by atoms with Crippen LogP contribution in [0.5, 0.6) is 5.75 Å². The Morgan fingerprint density at radius 1 is 1.27 bits per heavy atom. The van der Waals surface area contributed by atoms with Crippen LogP contribution in [0.1, 0.15) is 15.9 Å². The first-order valence-corrected chi connectivity index (χ1v) is 8.20. The number of amides is 1. The van der Waals surface area contributed by atoms with Crippen molar-refractivity contribution >= 4 is 60.7 Å². The molecule has 0 aliphatic heterocycles. The molecule has 0 unspecified atom stereocenters. The quantitative estimate of drug-likeness (QED) is 0.649. The van der Waals surface area contributed by atoms with E-state index in [2.05, 4.69) is 37.2 Å². The van der Waals surface area contributed by atoms with Crippen LogP contribution in [0, 0.1) is 6.92 Å². The molecular weight excluding hydrogens is 435 g/mol. The van der Waals surface area contributed by atoms with Gasteiger partial charge in [0.15, 0.2) is 0 Å². The van der Waals surface area contributed by atoms with Gasteiger partial charge in [-0.3, -0.25) is 4.79 Å². The van der Waals surface area contributed by atoms with Gasteiger partial charge in [0.2, 0.25) is 0 Å². The molecule has 0 saturated carbocycles. The normalized spacial score (nSPS) is 10.4. The molecule has 0 aliphatic rings. The number of methoxy groups -OCH3 is 1.